The van der Waals surface area contributed by atoms with Crippen molar-refractivity contribution in [3.8, 4) is 17.0 Å². The van der Waals surface area contributed by atoms with E-state index in [2.05, 4.69) is 18.8 Å². The van der Waals surface area contributed by atoms with Crippen molar-refractivity contribution >= 4 is 28.8 Å². The molecule has 1 amide bonds. The Morgan fingerprint density at radius 3 is 2.65 bits per heavy atom. The molecule has 2 fully saturated rings. The smallest absolute Gasteiger partial charge is 0.410 e. The second-order valence-corrected chi connectivity index (χ2v) is 11.7. The summed E-state index contributed by atoms with van der Waals surface area (Å²) >= 11 is 1.29. The van der Waals surface area contributed by atoms with Gasteiger partial charge >= 0.3 is 6.09 Å². The van der Waals surface area contributed by atoms with E-state index in [0.29, 0.717) is 16.6 Å². The van der Waals surface area contributed by atoms with Gasteiger partial charge in [-0.15, -0.1) is 11.3 Å². The van der Waals surface area contributed by atoms with Gasteiger partial charge in [-0.25, -0.2) is 14.2 Å². The lowest BCUT2D eigenvalue weighted by Gasteiger charge is -2.43. The summed E-state index contributed by atoms with van der Waals surface area (Å²) in [6.45, 7) is 9.57. The van der Waals surface area contributed by atoms with E-state index in [-0.39, 0.29) is 19.2 Å². The number of halogens is 1. The van der Waals surface area contributed by atoms with Crippen LogP contribution in [0.15, 0.2) is 22.5 Å². The molecule has 1 aromatic carbocycles. The van der Waals surface area contributed by atoms with E-state index in [9.17, 15) is 4.79 Å². The zero-order chi connectivity index (χ0) is 24.3. The van der Waals surface area contributed by atoms with E-state index in [0.717, 1.165) is 47.5 Å². The Labute approximate surface area is 204 Å². The van der Waals surface area contributed by atoms with Gasteiger partial charge in [0, 0.05) is 22.2 Å². The minimum absolute atomic E-state index is 0.0456. The third-order valence-electron chi connectivity index (χ3n) is 6.79. The number of ether oxygens (including phenoxy) is 2. The van der Waals surface area contributed by atoms with Gasteiger partial charge in [-0.05, 0) is 71.4 Å². The fourth-order valence-electron chi connectivity index (χ4n) is 4.42. The molecule has 2 aromatic rings. The summed E-state index contributed by atoms with van der Waals surface area (Å²) < 4.78 is 27.4. The number of carbonyl (C=O) groups excluding carboxylic acids is 1. The molecule has 1 atom stereocenters. The van der Waals surface area contributed by atoms with E-state index < -0.39 is 17.4 Å². The molecular weight excluding hydrogens is 453 g/mol. The predicted octanol–water partition coefficient (Wildman–Crippen LogP) is 6.44. The SMILES string of the molecule is CC1=Nc2ccc(-c3csc(C4(F)CN(C(=O)OC(C)(C)C)C4)n3)c(OC3CCC3)c2C[C@@H]1C. The lowest BCUT2D eigenvalue weighted by molar-refractivity contribution is -0.0537. The number of likely N-dealkylation sites (tertiary alicyclic amines) is 1. The van der Waals surface area contributed by atoms with E-state index in [1.54, 1.807) is 20.8 Å². The summed E-state index contributed by atoms with van der Waals surface area (Å²) in [5.74, 6) is 1.19. The number of thiazole rings is 1. The summed E-state index contributed by atoms with van der Waals surface area (Å²) in [6.07, 6.45) is 3.88. The van der Waals surface area contributed by atoms with Gasteiger partial charge in [0.15, 0.2) is 5.67 Å². The molecule has 1 saturated carbocycles. The monoisotopic (exact) mass is 485 g/mol. The third kappa shape index (κ3) is 4.32. The zero-order valence-electron chi connectivity index (χ0n) is 20.5. The fraction of sp³-hybridized carbons (Fsp3) is 0.577. The number of fused-ring (bicyclic) bond motifs is 1. The summed E-state index contributed by atoms with van der Waals surface area (Å²) in [5.41, 5.74) is 2.54. The quantitative estimate of drug-likeness (QED) is 0.500. The van der Waals surface area contributed by atoms with Gasteiger partial charge in [0.1, 0.15) is 16.4 Å². The van der Waals surface area contributed by atoms with Crippen molar-refractivity contribution in [1.82, 2.24) is 9.88 Å². The number of hydrogen-bond donors (Lipinski definition) is 0. The first-order valence-electron chi connectivity index (χ1n) is 12.0. The number of rotatable bonds is 4. The number of nitrogens with zero attached hydrogens (tertiary/aromatic N) is 3. The molecule has 1 aromatic heterocycles. The minimum Gasteiger partial charge on any atom is -0.489 e. The molecule has 0 N–H and O–H groups in total. The van der Waals surface area contributed by atoms with Gasteiger partial charge in [0.25, 0.3) is 0 Å². The van der Waals surface area contributed by atoms with Crippen molar-refractivity contribution in [2.45, 2.75) is 77.7 Å². The van der Waals surface area contributed by atoms with Crippen LogP contribution in [0.3, 0.4) is 0 Å². The van der Waals surface area contributed by atoms with E-state index in [1.807, 2.05) is 17.5 Å². The number of aliphatic imine (C=N–C) groups is 1. The van der Waals surface area contributed by atoms with Crippen LogP contribution in [0.4, 0.5) is 14.9 Å². The fourth-order valence-corrected chi connectivity index (χ4v) is 5.31. The average molecular weight is 486 g/mol. The number of aromatic nitrogens is 1. The Bertz CT molecular complexity index is 1140. The number of alkyl halides is 1. The highest BCUT2D eigenvalue weighted by molar-refractivity contribution is 7.10. The second-order valence-electron chi connectivity index (χ2n) is 10.8. The topological polar surface area (TPSA) is 64.0 Å². The van der Waals surface area contributed by atoms with Crippen LogP contribution in [0, 0.1) is 5.92 Å². The van der Waals surface area contributed by atoms with E-state index in [4.69, 9.17) is 14.5 Å². The van der Waals surface area contributed by atoms with Crippen LogP contribution >= 0.6 is 11.3 Å². The Morgan fingerprint density at radius 2 is 2.00 bits per heavy atom. The summed E-state index contributed by atoms with van der Waals surface area (Å²) in [5, 5.41) is 2.28. The Morgan fingerprint density at radius 1 is 1.26 bits per heavy atom. The predicted molar refractivity (Wildman–Crippen MR) is 132 cm³/mol. The van der Waals surface area contributed by atoms with Crippen LogP contribution in [-0.2, 0) is 16.8 Å². The molecular formula is C26H32FN3O3S. The van der Waals surface area contributed by atoms with Crippen LogP contribution in [-0.4, -0.2) is 46.5 Å². The molecule has 3 heterocycles. The molecule has 1 saturated heterocycles. The Hall–Kier alpha value is -2.48. The summed E-state index contributed by atoms with van der Waals surface area (Å²) in [4.78, 5) is 23.1. The molecule has 0 bridgehead atoms. The number of hydrogen-bond acceptors (Lipinski definition) is 6. The van der Waals surface area contributed by atoms with Gasteiger partial charge in [-0.3, -0.25) is 4.99 Å². The van der Waals surface area contributed by atoms with Crippen molar-refractivity contribution < 1.29 is 18.7 Å². The third-order valence-corrected chi connectivity index (χ3v) is 7.81. The van der Waals surface area contributed by atoms with Crippen molar-refractivity contribution in [2.75, 3.05) is 13.1 Å². The number of amides is 1. The normalized spacial score (nSPS) is 21.8. The van der Waals surface area contributed by atoms with Crippen LogP contribution < -0.4 is 4.74 Å². The van der Waals surface area contributed by atoms with Crippen LogP contribution in [0.5, 0.6) is 5.75 Å². The van der Waals surface area contributed by atoms with Crippen LogP contribution in [0.1, 0.15) is 64.5 Å². The first-order chi connectivity index (χ1) is 16.0. The maximum atomic E-state index is 15.6. The molecule has 34 heavy (non-hydrogen) atoms. The number of carbonyl (C=O) groups is 1. The lowest BCUT2D eigenvalue weighted by Crippen LogP contribution is -2.59. The van der Waals surface area contributed by atoms with Gasteiger partial charge in [-0.2, -0.15) is 0 Å². The van der Waals surface area contributed by atoms with Gasteiger partial charge in [-0.1, -0.05) is 6.92 Å². The number of benzene rings is 1. The molecule has 6 nitrogen and oxygen atoms in total. The highest BCUT2D eigenvalue weighted by atomic mass is 32.1. The standard InChI is InChI=1S/C26H32FN3O3S/c1-15-11-19-20(28-16(15)2)10-9-18(22(19)32-17-7-6-8-17)21-12-34-23(29-21)26(27)13-30(14-26)24(31)33-25(3,4)5/h9-10,12,15,17H,6-8,11,13-14H2,1-5H3/t15-/m0/s1. The van der Waals surface area contributed by atoms with Crippen molar-refractivity contribution in [3.05, 3.63) is 28.1 Å². The van der Waals surface area contributed by atoms with Crippen LogP contribution in [0.25, 0.3) is 11.3 Å². The zero-order valence-corrected chi connectivity index (χ0v) is 21.3. The van der Waals surface area contributed by atoms with E-state index >= 15 is 4.39 Å². The van der Waals surface area contributed by atoms with Crippen molar-refractivity contribution in [3.63, 3.8) is 0 Å². The molecule has 3 aliphatic rings. The van der Waals surface area contributed by atoms with E-state index in [1.165, 1.54) is 22.7 Å². The van der Waals surface area contributed by atoms with Crippen molar-refractivity contribution in [1.29, 1.82) is 0 Å². The molecule has 8 heteroatoms. The largest absolute Gasteiger partial charge is 0.489 e. The van der Waals surface area contributed by atoms with Crippen LogP contribution in [0.2, 0.25) is 0 Å². The van der Waals surface area contributed by atoms with Gasteiger partial charge in [0.2, 0.25) is 0 Å². The Balaban J connectivity index is 1.41. The van der Waals surface area contributed by atoms with Gasteiger partial charge in [0.05, 0.1) is 30.6 Å². The molecule has 0 spiro atoms. The maximum Gasteiger partial charge on any atom is 0.410 e. The molecule has 182 valence electrons. The molecule has 0 radical (unpaired) electrons. The van der Waals surface area contributed by atoms with Crippen molar-refractivity contribution in [2.24, 2.45) is 10.9 Å². The minimum atomic E-state index is -1.65. The van der Waals surface area contributed by atoms with Gasteiger partial charge < -0.3 is 14.4 Å². The first kappa shape index (κ1) is 23.3. The Kier molecular flexibility index (Phi) is 5.70. The highest BCUT2D eigenvalue weighted by Gasteiger charge is 2.50. The maximum absolute atomic E-state index is 15.6. The lowest BCUT2D eigenvalue weighted by atomic mass is 9.89. The highest BCUT2D eigenvalue weighted by Crippen LogP contribution is 2.46. The molecule has 0 unspecified atom stereocenters. The second kappa shape index (κ2) is 8.33. The summed E-state index contributed by atoms with van der Waals surface area (Å²) in [6, 6.07) is 4.02. The molecule has 5 rings (SSSR count). The molecule has 1 aliphatic carbocycles. The average Bonchev–Trinajstić information content (AvgIpc) is 3.18. The first-order valence-corrected chi connectivity index (χ1v) is 12.9. The molecule has 2 aliphatic heterocycles. The summed E-state index contributed by atoms with van der Waals surface area (Å²) in [7, 11) is 0.